The zero-order valence-electron chi connectivity index (χ0n) is 21.2. The monoisotopic (exact) mass is 574 g/mol. The number of halogens is 6. The molecule has 0 radical (unpaired) electrons. The molecule has 0 aliphatic carbocycles. The second-order valence-corrected chi connectivity index (χ2v) is 10.1. The Labute approximate surface area is 226 Å². The van der Waals surface area contributed by atoms with Crippen LogP contribution in [0.3, 0.4) is 0 Å². The second-order valence-electron chi connectivity index (χ2n) is 8.98. The van der Waals surface area contributed by atoms with Crippen LogP contribution in [0.1, 0.15) is 38.2 Å². The molecule has 2 aromatic carbocycles. The lowest BCUT2D eigenvalue weighted by molar-refractivity contribution is -0.274. The molecule has 3 rings (SSSR count). The summed E-state index contributed by atoms with van der Waals surface area (Å²) in [6, 6.07) is 11.4. The fourth-order valence-corrected chi connectivity index (χ4v) is 5.04. The van der Waals surface area contributed by atoms with Crippen molar-refractivity contribution < 1.29 is 45.3 Å². The van der Waals surface area contributed by atoms with Crippen LogP contribution >= 0.6 is 11.3 Å². The number of fused-ring (bicyclic) bond motifs is 1. The van der Waals surface area contributed by atoms with E-state index in [-0.39, 0.29) is 23.7 Å². The molecule has 0 saturated carbocycles. The van der Waals surface area contributed by atoms with Crippen LogP contribution < -0.4 is 9.47 Å². The quantitative estimate of drug-likeness (QED) is 0.0885. The van der Waals surface area contributed by atoms with Gasteiger partial charge in [0, 0.05) is 27.1 Å². The van der Waals surface area contributed by atoms with Gasteiger partial charge in [-0.15, -0.1) is 24.5 Å². The van der Waals surface area contributed by atoms with Gasteiger partial charge in [-0.2, -0.15) is 13.2 Å². The van der Waals surface area contributed by atoms with Gasteiger partial charge in [-0.25, -0.2) is 4.79 Å². The average molecular weight is 575 g/mol. The zero-order valence-corrected chi connectivity index (χ0v) is 22.0. The van der Waals surface area contributed by atoms with E-state index in [2.05, 4.69) is 11.3 Å². The molecule has 0 aliphatic rings. The van der Waals surface area contributed by atoms with Crippen LogP contribution in [0.25, 0.3) is 20.5 Å². The largest absolute Gasteiger partial charge is 0.573 e. The number of hydrogen-bond donors (Lipinski definition) is 0. The highest BCUT2D eigenvalue weighted by Crippen LogP contribution is 2.41. The van der Waals surface area contributed by atoms with E-state index in [1.165, 1.54) is 17.4 Å². The number of benzene rings is 2. The summed E-state index contributed by atoms with van der Waals surface area (Å²) in [5, 5.41) is 0.721. The number of aryl methyl sites for hydroxylation is 1. The molecular formula is C28H28F6O4S. The van der Waals surface area contributed by atoms with Crippen molar-refractivity contribution in [3.63, 3.8) is 0 Å². The van der Waals surface area contributed by atoms with Crippen LogP contribution in [-0.4, -0.2) is 31.7 Å². The number of alkyl halides is 6. The van der Waals surface area contributed by atoms with Crippen LogP contribution in [0.2, 0.25) is 0 Å². The minimum atomic E-state index is -4.86. The fraction of sp³-hybridized carbons (Fsp3) is 0.393. The van der Waals surface area contributed by atoms with Gasteiger partial charge in [0.2, 0.25) is 0 Å². The Morgan fingerprint density at radius 3 is 2.46 bits per heavy atom. The van der Waals surface area contributed by atoms with E-state index in [0.29, 0.717) is 16.0 Å². The first kappa shape index (κ1) is 30.3. The van der Waals surface area contributed by atoms with Crippen LogP contribution in [0, 0.1) is 5.92 Å². The Morgan fingerprint density at radius 1 is 1.03 bits per heavy atom. The molecule has 1 atom stereocenters. The Morgan fingerprint density at radius 2 is 1.79 bits per heavy atom. The van der Waals surface area contributed by atoms with E-state index < -0.39 is 37.5 Å². The summed E-state index contributed by atoms with van der Waals surface area (Å²) in [4.78, 5) is 11.8. The molecule has 1 heterocycles. The van der Waals surface area contributed by atoms with Gasteiger partial charge in [-0.1, -0.05) is 32.4 Å². The Kier molecular flexibility index (Phi) is 10.3. The number of unbranched alkanes of at least 4 members (excludes halogenated alkanes) is 2. The lowest BCUT2D eigenvalue weighted by Crippen LogP contribution is -2.25. The average Bonchev–Trinajstić information content (AvgIpc) is 3.27. The molecular weight excluding hydrogens is 546 g/mol. The van der Waals surface area contributed by atoms with Crippen molar-refractivity contribution in [3.8, 4) is 21.9 Å². The zero-order chi connectivity index (χ0) is 28.6. The lowest BCUT2D eigenvalue weighted by Gasteiger charge is -2.19. The lowest BCUT2D eigenvalue weighted by atomic mass is 10.0. The smallest absolute Gasteiger partial charge is 0.493 e. The molecule has 0 saturated heterocycles. The van der Waals surface area contributed by atoms with Gasteiger partial charge in [-0.3, -0.25) is 0 Å². The van der Waals surface area contributed by atoms with E-state index in [4.69, 9.17) is 9.47 Å². The molecule has 4 nitrogen and oxygen atoms in total. The number of hydrogen-bond acceptors (Lipinski definition) is 5. The van der Waals surface area contributed by atoms with Crippen molar-refractivity contribution >= 4 is 27.4 Å². The molecule has 1 unspecified atom stereocenters. The first-order valence-electron chi connectivity index (χ1n) is 12.3. The van der Waals surface area contributed by atoms with Gasteiger partial charge in [0.25, 0.3) is 0 Å². The summed E-state index contributed by atoms with van der Waals surface area (Å²) < 4.78 is 93.7. The van der Waals surface area contributed by atoms with Crippen LogP contribution in [0.5, 0.6) is 11.5 Å². The molecule has 0 aliphatic heterocycles. The van der Waals surface area contributed by atoms with E-state index >= 15 is 0 Å². The van der Waals surface area contributed by atoms with Gasteiger partial charge in [0.15, 0.2) is 0 Å². The molecule has 3 aromatic rings. The highest BCUT2D eigenvalue weighted by atomic mass is 32.1. The third-order valence-corrected chi connectivity index (χ3v) is 6.86. The van der Waals surface area contributed by atoms with Crippen molar-refractivity contribution in [2.75, 3.05) is 13.2 Å². The molecule has 0 amide bonds. The molecule has 1 aromatic heterocycles. The first-order chi connectivity index (χ1) is 18.4. The van der Waals surface area contributed by atoms with Gasteiger partial charge >= 0.3 is 18.5 Å². The molecule has 0 fully saturated rings. The highest BCUT2D eigenvalue weighted by molar-refractivity contribution is 7.22. The number of thiophene rings is 1. The summed E-state index contributed by atoms with van der Waals surface area (Å²) in [5.74, 6) is -1.99. The Hall–Kier alpha value is -3.21. The molecule has 0 N–H and O–H groups in total. The minimum Gasteiger partial charge on any atom is -0.493 e. The number of ether oxygens (including phenoxy) is 3. The SMILES string of the molecule is C=CC(=O)OCC(COc1ccc2cc(-c3ccc(CCCCC)cc3OC(F)(F)F)sc2c1)CC(F)(F)F. The van der Waals surface area contributed by atoms with Gasteiger partial charge in [0.1, 0.15) is 11.5 Å². The number of esters is 1. The second kappa shape index (κ2) is 13.2. The third-order valence-electron chi connectivity index (χ3n) is 5.73. The summed E-state index contributed by atoms with van der Waals surface area (Å²) in [7, 11) is 0. The maximum absolute atomic E-state index is 13.2. The van der Waals surface area contributed by atoms with E-state index in [1.807, 2.05) is 6.92 Å². The predicted octanol–water partition coefficient (Wildman–Crippen LogP) is 8.88. The molecule has 0 bridgehead atoms. The van der Waals surface area contributed by atoms with Crippen molar-refractivity contribution in [1.82, 2.24) is 0 Å². The van der Waals surface area contributed by atoms with E-state index in [9.17, 15) is 31.1 Å². The van der Waals surface area contributed by atoms with E-state index in [1.54, 1.807) is 36.4 Å². The fourth-order valence-electron chi connectivity index (χ4n) is 3.91. The standard InChI is InChI=1S/C28H28F6O4S/c1-3-5-6-7-18-8-11-22(23(12-18)38-28(32,33)34)25-13-20-9-10-21(14-24(20)39-25)36-16-19(15-27(29,30)31)17-37-26(35)4-2/h4,8-14,19H,2-3,5-7,15-17H2,1H3. The van der Waals surface area contributed by atoms with Crippen molar-refractivity contribution in [1.29, 1.82) is 0 Å². The van der Waals surface area contributed by atoms with Gasteiger partial charge in [-0.05, 0) is 60.2 Å². The molecule has 39 heavy (non-hydrogen) atoms. The minimum absolute atomic E-state index is 0.274. The summed E-state index contributed by atoms with van der Waals surface area (Å²) >= 11 is 1.21. The third kappa shape index (κ3) is 9.80. The van der Waals surface area contributed by atoms with Crippen molar-refractivity contribution in [3.05, 3.63) is 60.7 Å². The summed E-state index contributed by atoms with van der Waals surface area (Å²) in [5.41, 5.74) is 1.03. The number of carbonyl (C=O) groups excluding carboxylic acids is 1. The predicted molar refractivity (Wildman–Crippen MR) is 138 cm³/mol. The van der Waals surface area contributed by atoms with Crippen LogP contribution in [-0.2, 0) is 16.0 Å². The maximum atomic E-state index is 13.2. The molecule has 212 valence electrons. The van der Waals surface area contributed by atoms with E-state index in [0.717, 1.165) is 36.3 Å². The Bertz CT molecular complexity index is 1270. The number of carbonyl (C=O) groups is 1. The molecule has 11 heteroatoms. The molecule has 0 spiro atoms. The Balaban J connectivity index is 1.81. The van der Waals surface area contributed by atoms with Gasteiger partial charge in [0.05, 0.1) is 19.6 Å². The first-order valence-corrected chi connectivity index (χ1v) is 13.1. The van der Waals surface area contributed by atoms with Gasteiger partial charge < -0.3 is 14.2 Å². The normalized spacial score (nSPS) is 12.8. The van der Waals surface area contributed by atoms with Crippen molar-refractivity contribution in [2.45, 2.75) is 51.6 Å². The van der Waals surface area contributed by atoms with Crippen molar-refractivity contribution in [2.24, 2.45) is 5.92 Å². The summed E-state index contributed by atoms with van der Waals surface area (Å²) in [6.45, 7) is 4.40. The maximum Gasteiger partial charge on any atom is 0.573 e. The highest BCUT2D eigenvalue weighted by Gasteiger charge is 2.34. The van der Waals surface area contributed by atoms with Crippen LogP contribution in [0.15, 0.2) is 55.1 Å². The van der Waals surface area contributed by atoms with Crippen LogP contribution in [0.4, 0.5) is 26.3 Å². The number of rotatable bonds is 13. The topological polar surface area (TPSA) is 44.8 Å². The summed E-state index contributed by atoms with van der Waals surface area (Å²) in [6.07, 6.45) is -6.24.